The molecule has 1 saturated heterocycles. The first-order valence-electron chi connectivity index (χ1n) is 10.2. The number of carboxylic acids is 1. The number of carboxylic acid groups (broad SMARTS) is 1. The van der Waals surface area contributed by atoms with Crippen LogP contribution in [0.5, 0.6) is 0 Å². The molecule has 3 N–H and O–H groups in total. The molecule has 1 saturated carbocycles. The summed E-state index contributed by atoms with van der Waals surface area (Å²) in [5.74, 6) is -0.636. The molecule has 7 heteroatoms. The van der Waals surface area contributed by atoms with Crippen molar-refractivity contribution in [3.8, 4) is 0 Å². The van der Waals surface area contributed by atoms with Crippen LogP contribution in [-0.4, -0.2) is 70.3 Å². The van der Waals surface area contributed by atoms with Gasteiger partial charge >= 0.3 is 12.0 Å². The Kier molecular flexibility index (Phi) is 6.91. The van der Waals surface area contributed by atoms with E-state index in [0.29, 0.717) is 19.6 Å². The number of rotatable bonds is 7. The average molecular weight is 389 g/mol. The SMILES string of the molecule is CCN(CC(=O)O)C1CC(NC(=O)N2CCC(C(O)c3ccccc3)CC2)C1. The van der Waals surface area contributed by atoms with Crippen molar-refractivity contribution in [1.29, 1.82) is 0 Å². The third-order valence-electron chi connectivity index (χ3n) is 6.12. The van der Waals surface area contributed by atoms with Crippen molar-refractivity contribution in [2.75, 3.05) is 26.2 Å². The van der Waals surface area contributed by atoms with E-state index < -0.39 is 12.1 Å². The Labute approximate surface area is 166 Å². The Hall–Kier alpha value is -2.12. The molecule has 1 aliphatic carbocycles. The molecule has 0 spiro atoms. The number of hydrogen-bond donors (Lipinski definition) is 3. The van der Waals surface area contributed by atoms with Gasteiger partial charge in [-0.3, -0.25) is 9.69 Å². The second-order valence-corrected chi connectivity index (χ2v) is 7.91. The van der Waals surface area contributed by atoms with Crippen LogP contribution < -0.4 is 5.32 Å². The molecule has 1 aromatic carbocycles. The van der Waals surface area contributed by atoms with Crippen LogP contribution in [0.2, 0.25) is 0 Å². The van der Waals surface area contributed by atoms with Crippen molar-refractivity contribution in [2.45, 2.75) is 50.8 Å². The zero-order chi connectivity index (χ0) is 20.1. The number of aliphatic carboxylic acids is 1. The minimum Gasteiger partial charge on any atom is -0.480 e. The highest BCUT2D eigenvalue weighted by atomic mass is 16.4. The summed E-state index contributed by atoms with van der Waals surface area (Å²) in [6, 6.07) is 10.0. The van der Waals surface area contributed by atoms with E-state index in [-0.39, 0.29) is 30.6 Å². The van der Waals surface area contributed by atoms with Crippen LogP contribution in [0.1, 0.15) is 44.3 Å². The summed E-state index contributed by atoms with van der Waals surface area (Å²) in [4.78, 5) is 27.2. The van der Waals surface area contributed by atoms with Crippen LogP contribution in [0.3, 0.4) is 0 Å². The Morgan fingerprint density at radius 3 is 2.43 bits per heavy atom. The number of hydrogen-bond acceptors (Lipinski definition) is 4. The lowest BCUT2D eigenvalue weighted by molar-refractivity contribution is -0.139. The molecule has 0 bridgehead atoms. The molecule has 0 aromatic heterocycles. The summed E-state index contributed by atoms with van der Waals surface area (Å²) in [5.41, 5.74) is 0.938. The van der Waals surface area contributed by atoms with Crippen molar-refractivity contribution in [3.05, 3.63) is 35.9 Å². The first-order chi connectivity index (χ1) is 13.5. The van der Waals surface area contributed by atoms with Crippen molar-refractivity contribution in [2.24, 2.45) is 5.92 Å². The van der Waals surface area contributed by atoms with E-state index in [0.717, 1.165) is 31.2 Å². The summed E-state index contributed by atoms with van der Waals surface area (Å²) in [6.45, 7) is 4.02. The van der Waals surface area contributed by atoms with E-state index >= 15 is 0 Å². The summed E-state index contributed by atoms with van der Waals surface area (Å²) in [6.07, 6.45) is 2.71. The van der Waals surface area contributed by atoms with Gasteiger partial charge in [-0.25, -0.2) is 4.79 Å². The number of benzene rings is 1. The molecule has 1 aromatic rings. The summed E-state index contributed by atoms with van der Waals surface area (Å²) in [5, 5.41) is 22.6. The fourth-order valence-electron chi connectivity index (χ4n) is 4.28. The molecule has 0 radical (unpaired) electrons. The molecule has 154 valence electrons. The van der Waals surface area contributed by atoms with E-state index in [2.05, 4.69) is 5.32 Å². The predicted octanol–water partition coefficient (Wildman–Crippen LogP) is 2.08. The molecule has 7 nitrogen and oxygen atoms in total. The van der Waals surface area contributed by atoms with Gasteiger partial charge in [0.2, 0.25) is 0 Å². The lowest BCUT2D eigenvalue weighted by Crippen LogP contribution is -2.57. The number of amides is 2. The highest BCUT2D eigenvalue weighted by molar-refractivity contribution is 5.74. The Morgan fingerprint density at radius 1 is 1.21 bits per heavy atom. The van der Waals surface area contributed by atoms with E-state index in [1.54, 1.807) is 0 Å². The number of likely N-dealkylation sites (N-methyl/N-ethyl adjacent to an activating group) is 1. The van der Waals surface area contributed by atoms with Gasteiger partial charge in [0, 0.05) is 25.2 Å². The van der Waals surface area contributed by atoms with Crippen LogP contribution in [0.15, 0.2) is 30.3 Å². The topological polar surface area (TPSA) is 93.1 Å². The molecule has 1 aliphatic heterocycles. The quantitative estimate of drug-likeness (QED) is 0.664. The van der Waals surface area contributed by atoms with E-state index in [4.69, 9.17) is 5.11 Å². The van der Waals surface area contributed by atoms with Gasteiger partial charge in [0.25, 0.3) is 0 Å². The standard InChI is InChI=1S/C21H31N3O4/c1-2-23(14-19(25)26)18-12-17(13-18)22-21(28)24-10-8-16(9-11-24)20(27)15-6-4-3-5-7-15/h3-7,16-18,20,27H,2,8-14H2,1H3,(H,22,28)(H,25,26). The molecule has 28 heavy (non-hydrogen) atoms. The minimum atomic E-state index is -0.810. The molecule has 2 aliphatic rings. The molecule has 3 rings (SSSR count). The summed E-state index contributed by atoms with van der Waals surface area (Å²) >= 11 is 0. The molecular weight excluding hydrogens is 358 g/mol. The number of nitrogens with zero attached hydrogens (tertiary/aromatic N) is 2. The van der Waals surface area contributed by atoms with Crippen LogP contribution in [-0.2, 0) is 4.79 Å². The molecular formula is C21H31N3O4. The monoisotopic (exact) mass is 389 g/mol. The Balaban J connectivity index is 1.40. The van der Waals surface area contributed by atoms with E-state index in [1.165, 1.54) is 0 Å². The van der Waals surface area contributed by atoms with Crippen molar-refractivity contribution >= 4 is 12.0 Å². The second-order valence-electron chi connectivity index (χ2n) is 7.91. The molecule has 1 unspecified atom stereocenters. The molecule has 1 heterocycles. The highest BCUT2D eigenvalue weighted by Gasteiger charge is 2.36. The Bertz CT molecular complexity index is 655. The van der Waals surface area contributed by atoms with Gasteiger partial charge in [0.05, 0.1) is 12.6 Å². The summed E-state index contributed by atoms with van der Waals surface area (Å²) in [7, 11) is 0. The van der Waals surface area contributed by atoms with Gasteiger partial charge in [0.15, 0.2) is 0 Å². The fourth-order valence-corrected chi connectivity index (χ4v) is 4.28. The van der Waals surface area contributed by atoms with Crippen LogP contribution in [0, 0.1) is 5.92 Å². The second kappa shape index (κ2) is 9.39. The first kappa shape index (κ1) is 20.6. The van der Waals surface area contributed by atoms with Gasteiger partial charge in [-0.2, -0.15) is 0 Å². The van der Waals surface area contributed by atoms with Gasteiger partial charge in [-0.15, -0.1) is 0 Å². The number of carbonyl (C=O) groups is 2. The number of aliphatic hydroxyl groups is 1. The van der Waals surface area contributed by atoms with Crippen LogP contribution >= 0.6 is 0 Å². The minimum absolute atomic E-state index is 0.0441. The van der Waals surface area contributed by atoms with Gasteiger partial charge < -0.3 is 20.4 Å². The van der Waals surface area contributed by atoms with Crippen molar-refractivity contribution in [1.82, 2.24) is 15.1 Å². The summed E-state index contributed by atoms with van der Waals surface area (Å²) < 4.78 is 0. The van der Waals surface area contributed by atoms with Crippen molar-refractivity contribution < 1.29 is 19.8 Å². The lowest BCUT2D eigenvalue weighted by Gasteiger charge is -2.43. The van der Waals surface area contributed by atoms with Gasteiger partial charge in [-0.1, -0.05) is 37.3 Å². The number of piperidine rings is 1. The molecule has 2 fully saturated rings. The fraction of sp³-hybridized carbons (Fsp3) is 0.619. The molecule has 2 amide bonds. The van der Waals surface area contributed by atoms with Crippen molar-refractivity contribution in [3.63, 3.8) is 0 Å². The van der Waals surface area contributed by atoms with Gasteiger partial charge in [0.1, 0.15) is 0 Å². The number of nitrogens with one attached hydrogen (secondary N) is 1. The van der Waals surface area contributed by atoms with Gasteiger partial charge in [-0.05, 0) is 43.7 Å². The number of aliphatic hydroxyl groups excluding tert-OH is 1. The zero-order valence-corrected chi connectivity index (χ0v) is 16.5. The van der Waals surface area contributed by atoms with Crippen LogP contribution in [0.25, 0.3) is 0 Å². The maximum Gasteiger partial charge on any atom is 0.317 e. The van der Waals surface area contributed by atoms with E-state index in [9.17, 15) is 14.7 Å². The normalized spacial score (nSPS) is 23.9. The van der Waals surface area contributed by atoms with Crippen LogP contribution in [0.4, 0.5) is 4.79 Å². The number of likely N-dealkylation sites (tertiary alicyclic amines) is 1. The number of urea groups is 1. The maximum atomic E-state index is 12.5. The average Bonchev–Trinajstić information content (AvgIpc) is 2.68. The first-order valence-corrected chi connectivity index (χ1v) is 10.2. The van der Waals surface area contributed by atoms with E-state index in [1.807, 2.05) is 47.1 Å². The highest BCUT2D eigenvalue weighted by Crippen LogP contribution is 2.31. The largest absolute Gasteiger partial charge is 0.480 e. The lowest BCUT2D eigenvalue weighted by atomic mass is 9.85. The zero-order valence-electron chi connectivity index (χ0n) is 16.5. The predicted molar refractivity (Wildman–Crippen MR) is 106 cm³/mol. The smallest absolute Gasteiger partial charge is 0.317 e. The third-order valence-corrected chi connectivity index (χ3v) is 6.12. The number of carbonyl (C=O) groups excluding carboxylic acids is 1. The maximum absolute atomic E-state index is 12.5. The third kappa shape index (κ3) is 5.02. The Morgan fingerprint density at radius 2 is 1.86 bits per heavy atom. The molecule has 1 atom stereocenters.